The molecule has 0 N–H and O–H groups in total. The zero-order valence-electron chi connectivity index (χ0n) is 18.3. The molecule has 0 aromatic heterocycles. The minimum atomic E-state index is -0.830. The molecule has 0 saturated carbocycles. The van der Waals surface area contributed by atoms with Crippen molar-refractivity contribution < 1.29 is 19.1 Å². The van der Waals surface area contributed by atoms with Crippen LogP contribution in [-0.4, -0.2) is 50.1 Å². The number of nitrogens with zero attached hydrogens (tertiary/aromatic N) is 2. The van der Waals surface area contributed by atoms with Gasteiger partial charge in [-0.15, -0.1) is 0 Å². The number of amides is 1. The van der Waals surface area contributed by atoms with Crippen molar-refractivity contribution in [1.82, 2.24) is 4.90 Å². The number of likely N-dealkylation sites (N-methyl/N-ethyl adjacent to an activating group) is 1. The van der Waals surface area contributed by atoms with Crippen LogP contribution >= 0.6 is 0 Å². The molecule has 0 aliphatic carbocycles. The highest BCUT2D eigenvalue weighted by atomic mass is 16.6. The lowest BCUT2D eigenvalue weighted by Crippen LogP contribution is -2.49. The lowest BCUT2D eigenvalue weighted by Gasteiger charge is -2.34. The second-order valence-corrected chi connectivity index (χ2v) is 8.72. The molecule has 0 saturated heterocycles. The van der Waals surface area contributed by atoms with Gasteiger partial charge in [0.05, 0.1) is 25.9 Å². The maximum atomic E-state index is 13.1. The number of benzene rings is 2. The molecule has 1 aliphatic heterocycles. The maximum Gasteiger partial charge on any atom is 0.348 e. The number of para-hydroxylation sites is 2. The Kier molecular flexibility index (Phi) is 6.46. The van der Waals surface area contributed by atoms with Crippen molar-refractivity contribution >= 4 is 17.6 Å². The first-order chi connectivity index (χ1) is 14.2. The number of methoxy groups -OCH3 is 1. The van der Waals surface area contributed by atoms with Crippen LogP contribution in [0.25, 0.3) is 0 Å². The Morgan fingerprint density at radius 3 is 2.43 bits per heavy atom. The summed E-state index contributed by atoms with van der Waals surface area (Å²) < 4.78 is 10.5. The minimum Gasteiger partial charge on any atom is -0.475 e. The van der Waals surface area contributed by atoms with Crippen LogP contribution in [0.1, 0.15) is 31.9 Å². The van der Waals surface area contributed by atoms with Gasteiger partial charge in [-0.05, 0) is 35.7 Å². The molecular formula is C24H30N2O4. The van der Waals surface area contributed by atoms with E-state index in [1.165, 1.54) is 12.7 Å². The van der Waals surface area contributed by atoms with Crippen LogP contribution in [0, 0.1) is 0 Å². The second kappa shape index (κ2) is 8.88. The molecule has 2 aromatic carbocycles. The summed E-state index contributed by atoms with van der Waals surface area (Å²) >= 11 is 0. The summed E-state index contributed by atoms with van der Waals surface area (Å²) in [4.78, 5) is 28.7. The van der Waals surface area contributed by atoms with Crippen molar-refractivity contribution in [3.05, 3.63) is 59.7 Å². The molecule has 0 bridgehead atoms. The van der Waals surface area contributed by atoms with Gasteiger partial charge < -0.3 is 14.4 Å². The van der Waals surface area contributed by atoms with Crippen LogP contribution < -0.4 is 9.64 Å². The fourth-order valence-corrected chi connectivity index (χ4v) is 3.52. The van der Waals surface area contributed by atoms with Gasteiger partial charge in [0.25, 0.3) is 0 Å². The highest BCUT2D eigenvalue weighted by molar-refractivity contribution is 5.98. The summed E-state index contributed by atoms with van der Waals surface area (Å²) in [6, 6.07) is 15.7. The smallest absolute Gasteiger partial charge is 0.348 e. The number of fused-ring (bicyclic) bond motifs is 1. The van der Waals surface area contributed by atoms with Crippen molar-refractivity contribution in [2.75, 3.05) is 32.1 Å². The maximum absolute atomic E-state index is 13.1. The molecule has 3 rings (SSSR count). The van der Waals surface area contributed by atoms with Crippen LogP contribution in [0.5, 0.6) is 5.75 Å². The summed E-state index contributed by atoms with van der Waals surface area (Å²) in [5.74, 6) is -0.0732. The summed E-state index contributed by atoms with van der Waals surface area (Å²) in [5, 5.41) is 0. The fraction of sp³-hybridized carbons (Fsp3) is 0.417. The Labute approximate surface area is 178 Å². The second-order valence-electron chi connectivity index (χ2n) is 8.72. The van der Waals surface area contributed by atoms with Gasteiger partial charge in [-0.2, -0.15) is 0 Å². The van der Waals surface area contributed by atoms with Crippen LogP contribution in [0.15, 0.2) is 48.5 Å². The number of carbonyl (C=O) groups is 2. The van der Waals surface area contributed by atoms with E-state index >= 15 is 0 Å². The number of hydrogen-bond acceptors (Lipinski definition) is 5. The SMILES string of the molecule is COC(=O)C1CN(C(=O)CN(C)Cc2ccc(C(C)(C)C)cc2)c2ccccc2O1. The molecule has 0 spiro atoms. The number of carbonyl (C=O) groups excluding carboxylic acids is 2. The first-order valence-electron chi connectivity index (χ1n) is 10.1. The largest absolute Gasteiger partial charge is 0.475 e. The van der Waals surface area contributed by atoms with Gasteiger partial charge in [0.1, 0.15) is 5.75 Å². The van der Waals surface area contributed by atoms with E-state index in [4.69, 9.17) is 9.47 Å². The van der Waals surface area contributed by atoms with Crippen LogP contribution in [0.2, 0.25) is 0 Å². The van der Waals surface area contributed by atoms with Gasteiger partial charge in [-0.3, -0.25) is 9.69 Å². The molecule has 0 fully saturated rings. The number of ether oxygens (including phenoxy) is 2. The Balaban J connectivity index is 1.69. The van der Waals surface area contributed by atoms with E-state index in [9.17, 15) is 9.59 Å². The fourth-order valence-electron chi connectivity index (χ4n) is 3.52. The monoisotopic (exact) mass is 410 g/mol. The minimum absolute atomic E-state index is 0.0894. The Bertz CT molecular complexity index is 902. The molecule has 0 radical (unpaired) electrons. The molecular weight excluding hydrogens is 380 g/mol. The van der Waals surface area contributed by atoms with Gasteiger partial charge in [0.2, 0.25) is 12.0 Å². The predicted molar refractivity (Wildman–Crippen MR) is 117 cm³/mol. The molecule has 1 amide bonds. The molecule has 2 aromatic rings. The number of esters is 1. The van der Waals surface area contributed by atoms with Crippen molar-refractivity contribution in [2.24, 2.45) is 0 Å². The van der Waals surface area contributed by atoms with Gasteiger partial charge >= 0.3 is 5.97 Å². The topological polar surface area (TPSA) is 59.1 Å². The summed E-state index contributed by atoms with van der Waals surface area (Å²) in [7, 11) is 3.23. The van der Waals surface area contributed by atoms with Crippen molar-refractivity contribution in [1.29, 1.82) is 0 Å². The molecule has 160 valence electrons. The van der Waals surface area contributed by atoms with E-state index in [1.807, 2.05) is 30.1 Å². The molecule has 1 atom stereocenters. The average molecular weight is 411 g/mol. The molecule has 6 nitrogen and oxygen atoms in total. The predicted octanol–water partition coefficient (Wildman–Crippen LogP) is 3.38. The Morgan fingerprint density at radius 1 is 1.13 bits per heavy atom. The van der Waals surface area contributed by atoms with E-state index < -0.39 is 12.1 Å². The highest BCUT2D eigenvalue weighted by Crippen LogP contribution is 2.33. The van der Waals surface area contributed by atoms with Gasteiger partial charge in [-0.25, -0.2) is 4.79 Å². The van der Waals surface area contributed by atoms with Gasteiger partial charge in [-0.1, -0.05) is 57.2 Å². The van der Waals surface area contributed by atoms with Gasteiger partial charge in [0, 0.05) is 6.54 Å². The Morgan fingerprint density at radius 2 is 1.80 bits per heavy atom. The number of rotatable bonds is 5. The van der Waals surface area contributed by atoms with Crippen LogP contribution in [0.4, 0.5) is 5.69 Å². The van der Waals surface area contributed by atoms with E-state index in [-0.39, 0.29) is 24.4 Å². The van der Waals surface area contributed by atoms with E-state index in [0.29, 0.717) is 18.0 Å². The van der Waals surface area contributed by atoms with E-state index in [1.54, 1.807) is 11.0 Å². The average Bonchev–Trinajstić information content (AvgIpc) is 2.71. The standard InChI is InChI=1S/C24H30N2O4/c1-24(2,3)18-12-10-17(11-13-18)14-25(4)16-22(27)26-15-21(23(28)29-5)30-20-9-7-6-8-19(20)26/h6-13,21H,14-16H2,1-5H3. The summed E-state index contributed by atoms with van der Waals surface area (Å²) in [5.41, 5.74) is 3.21. The Hall–Kier alpha value is -2.86. The zero-order valence-corrected chi connectivity index (χ0v) is 18.3. The van der Waals surface area contributed by atoms with Crippen molar-refractivity contribution in [3.63, 3.8) is 0 Å². The third-order valence-corrected chi connectivity index (χ3v) is 5.22. The third kappa shape index (κ3) is 5.00. The molecule has 1 aliphatic rings. The first-order valence-corrected chi connectivity index (χ1v) is 10.1. The number of anilines is 1. The van der Waals surface area contributed by atoms with Crippen LogP contribution in [-0.2, 0) is 26.3 Å². The zero-order chi connectivity index (χ0) is 21.9. The van der Waals surface area contributed by atoms with E-state index in [0.717, 1.165) is 5.56 Å². The third-order valence-electron chi connectivity index (χ3n) is 5.22. The van der Waals surface area contributed by atoms with Gasteiger partial charge in [0.15, 0.2) is 0 Å². The van der Waals surface area contributed by atoms with Crippen molar-refractivity contribution in [2.45, 2.75) is 38.8 Å². The lowest BCUT2D eigenvalue weighted by atomic mass is 9.87. The van der Waals surface area contributed by atoms with Crippen LogP contribution in [0.3, 0.4) is 0 Å². The summed E-state index contributed by atoms with van der Waals surface area (Å²) in [6.45, 7) is 7.58. The number of hydrogen-bond donors (Lipinski definition) is 0. The lowest BCUT2D eigenvalue weighted by molar-refractivity contribution is -0.148. The molecule has 1 heterocycles. The van der Waals surface area contributed by atoms with E-state index in [2.05, 4.69) is 45.0 Å². The molecule has 6 heteroatoms. The quantitative estimate of drug-likeness (QED) is 0.708. The van der Waals surface area contributed by atoms with Crippen molar-refractivity contribution in [3.8, 4) is 5.75 Å². The normalized spacial score (nSPS) is 16.1. The summed E-state index contributed by atoms with van der Waals surface area (Å²) in [6.07, 6.45) is -0.830. The first kappa shape index (κ1) is 21.8. The highest BCUT2D eigenvalue weighted by Gasteiger charge is 2.34. The molecule has 1 unspecified atom stereocenters. The molecule has 30 heavy (non-hydrogen) atoms.